The highest BCUT2D eigenvalue weighted by Gasteiger charge is 2.35. The molecule has 0 aromatic rings. The lowest BCUT2D eigenvalue weighted by Crippen LogP contribution is -2.46. The van der Waals surface area contributed by atoms with Crippen LogP contribution in [0.25, 0.3) is 0 Å². The third-order valence-electron chi connectivity index (χ3n) is 3.43. The quantitative estimate of drug-likeness (QED) is 0.733. The van der Waals surface area contributed by atoms with Crippen molar-refractivity contribution in [2.75, 3.05) is 13.1 Å². The fourth-order valence-electron chi connectivity index (χ4n) is 1.85. The van der Waals surface area contributed by atoms with Crippen LogP contribution in [0.2, 0.25) is 0 Å². The maximum atomic E-state index is 10.3. The molecule has 0 spiro atoms. The van der Waals surface area contributed by atoms with Crippen molar-refractivity contribution in [1.29, 1.82) is 0 Å². The smallest absolute Gasteiger partial charge is 0.0768 e. The molecule has 0 aromatic carbocycles. The third-order valence-corrected chi connectivity index (χ3v) is 3.43. The average molecular weight is 213 g/mol. The van der Waals surface area contributed by atoms with E-state index in [2.05, 4.69) is 32.6 Å². The predicted octanol–water partition coefficient (Wildman–Crippen LogP) is 2.51. The van der Waals surface area contributed by atoms with E-state index in [9.17, 15) is 5.11 Å². The molecule has 1 atom stereocenters. The Hall–Kier alpha value is -0.0800. The van der Waals surface area contributed by atoms with Gasteiger partial charge in [-0.3, -0.25) is 4.90 Å². The molecule has 1 unspecified atom stereocenters. The standard InChI is InChI=1S/C13H27NO/c1-10(2)8-14(12-6-7-12)9-13(5,15)11(3)4/h10-12,15H,6-9H2,1-5H3. The topological polar surface area (TPSA) is 23.5 Å². The molecular formula is C13H27NO. The summed E-state index contributed by atoms with van der Waals surface area (Å²) >= 11 is 0. The molecule has 2 nitrogen and oxygen atoms in total. The molecule has 1 rings (SSSR count). The Morgan fingerprint density at radius 1 is 1.27 bits per heavy atom. The number of nitrogens with zero attached hydrogens (tertiary/aromatic N) is 1. The zero-order valence-electron chi connectivity index (χ0n) is 11.0. The first-order valence-corrected chi connectivity index (χ1v) is 6.29. The maximum absolute atomic E-state index is 10.3. The predicted molar refractivity (Wildman–Crippen MR) is 64.9 cm³/mol. The van der Waals surface area contributed by atoms with Crippen molar-refractivity contribution >= 4 is 0 Å². The van der Waals surface area contributed by atoms with Crippen LogP contribution in [0.4, 0.5) is 0 Å². The molecule has 0 radical (unpaired) electrons. The minimum atomic E-state index is -0.544. The molecule has 2 heteroatoms. The zero-order chi connectivity index (χ0) is 11.6. The first-order chi connectivity index (χ1) is 6.83. The van der Waals surface area contributed by atoms with Crippen molar-refractivity contribution in [2.45, 2.75) is 59.1 Å². The number of hydrogen-bond acceptors (Lipinski definition) is 2. The summed E-state index contributed by atoms with van der Waals surface area (Å²) < 4.78 is 0. The molecule has 0 saturated heterocycles. The fraction of sp³-hybridized carbons (Fsp3) is 1.00. The summed E-state index contributed by atoms with van der Waals surface area (Å²) in [7, 11) is 0. The van der Waals surface area contributed by atoms with Crippen molar-refractivity contribution in [3.05, 3.63) is 0 Å². The molecule has 0 bridgehead atoms. The Bertz CT molecular complexity index is 195. The van der Waals surface area contributed by atoms with E-state index in [-0.39, 0.29) is 0 Å². The number of hydrogen-bond donors (Lipinski definition) is 1. The van der Waals surface area contributed by atoms with E-state index in [1.807, 2.05) is 6.92 Å². The Morgan fingerprint density at radius 2 is 1.80 bits per heavy atom. The van der Waals surface area contributed by atoms with Crippen molar-refractivity contribution in [1.82, 2.24) is 4.90 Å². The summed E-state index contributed by atoms with van der Waals surface area (Å²) in [4.78, 5) is 2.48. The Kier molecular flexibility index (Phi) is 4.19. The van der Waals surface area contributed by atoms with Crippen molar-refractivity contribution in [3.8, 4) is 0 Å². The van der Waals surface area contributed by atoms with Gasteiger partial charge in [-0.1, -0.05) is 27.7 Å². The summed E-state index contributed by atoms with van der Waals surface area (Å²) in [6.45, 7) is 12.6. The van der Waals surface area contributed by atoms with Gasteiger partial charge in [0.05, 0.1) is 5.60 Å². The molecule has 0 aliphatic heterocycles. The van der Waals surface area contributed by atoms with Crippen LogP contribution in [-0.2, 0) is 0 Å². The van der Waals surface area contributed by atoms with E-state index in [0.717, 1.165) is 19.1 Å². The first-order valence-electron chi connectivity index (χ1n) is 6.29. The van der Waals surface area contributed by atoms with Crippen LogP contribution < -0.4 is 0 Å². The van der Waals surface area contributed by atoms with Crippen LogP contribution in [0.5, 0.6) is 0 Å². The van der Waals surface area contributed by atoms with Gasteiger partial charge in [-0.05, 0) is 31.6 Å². The average Bonchev–Trinajstić information content (AvgIpc) is 2.82. The van der Waals surface area contributed by atoms with Crippen LogP contribution in [0.1, 0.15) is 47.5 Å². The van der Waals surface area contributed by atoms with Gasteiger partial charge in [0.15, 0.2) is 0 Å². The lowest BCUT2D eigenvalue weighted by Gasteiger charge is -2.35. The lowest BCUT2D eigenvalue weighted by molar-refractivity contribution is -0.0233. The second kappa shape index (κ2) is 4.84. The van der Waals surface area contributed by atoms with Crippen LogP contribution in [-0.4, -0.2) is 34.7 Å². The first kappa shape index (κ1) is 13.0. The van der Waals surface area contributed by atoms with E-state index in [4.69, 9.17) is 0 Å². The van der Waals surface area contributed by atoms with Gasteiger partial charge in [-0.25, -0.2) is 0 Å². The normalized spacial score (nSPS) is 21.4. The molecule has 1 aliphatic rings. The van der Waals surface area contributed by atoms with E-state index in [1.165, 1.54) is 12.8 Å². The summed E-state index contributed by atoms with van der Waals surface area (Å²) in [5.41, 5.74) is -0.544. The molecule has 0 aromatic heterocycles. The van der Waals surface area contributed by atoms with Gasteiger partial charge in [0.1, 0.15) is 0 Å². The zero-order valence-corrected chi connectivity index (χ0v) is 11.0. The minimum absolute atomic E-state index is 0.325. The van der Waals surface area contributed by atoms with Crippen LogP contribution >= 0.6 is 0 Å². The second-order valence-corrected chi connectivity index (χ2v) is 6.07. The fourth-order valence-corrected chi connectivity index (χ4v) is 1.85. The summed E-state index contributed by atoms with van der Waals surface area (Å²) in [6, 6.07) is 0.748. The van der Waals surface area contributed by atoms with E-state index in [0.29, 0.717) is 11.8 Å². The number of aliphatic hydroxyl groups is 1. The summed E-state index contributed by atoms with van der Waals surface area (Å²) in [5.74, 6) is 1.01. The Balaban J connectivity index is 2.50. The van der Waals surface area contributed by atoms with Gasteiger partial charge in [-0.2, -0.15) is 0 Å². The highest BCUT2D eigenvalue weighted by molar-refractivity contribution is 4.90. The molecular weight excluding hydrogens is 186 g/mol. The molecule has 1 fully saturated rings. The molecule has 1 saturated carbocycles. The van der Waals surface area contributed by atoms with Gasteiger partial charge >= 0.3 is 0 Å². The monoisotopic (exact) mass is 213 g/mol. The summed E-state index contributed by atoms with van der Waals surface area (Å²) in [6.07, 6.45) is 2.64. The highest BCUT2D eigenvalue weighted by Crippen LogP contribution is 2.30. The molecule has 0 amide bonds. The summed E-state index contributed by atoms with van der Waals surface area (Å²) in [5, 5.41) is 10.3. The molecule has 1 N–H and O–H groups in total. The maximum Gasteiger partial charge on any atom is 0.0768 e. The van der Waals surface area contributed by atoms with Crippen molar-refractivity contribution < 1.29 is 5.11 Å². The second-order valence-electron chi connectivity index (χ2n) is 6.07. The number of rotatable bonds is 6. The van der Waals surface area contributed by atoms with Crippen LogP contribution in [0.3, 0.4) is 0 Å². The third kappa shape index (κ3) is 4.12. The largest absolute Gasteiger partial charge is 0.389 e. The Morgan fingerprint density at radius 3 is 2.13 bits per heavy atom. The van der Waals surface area contributed by atoms with Gasteiger partial charge in [-0.15, -0.1) is 0 Å². The van der Waals surface area contributed by atoms with Crippen molar-refractivity contribution in [3.63, 3.8) is 0 Å². The molecule has 15 heavy (non-hydrogen) atoms. The van der Waals surface area contributed by atoms with Gasteiger partial charge in [0.2, 0.25) is 0 Å². The van der Waals surface area contributed by atoms with Crippen LogP contribution in [0.15, 0.2) is 0 Å². The molecule has 90 valence electrons. The van der Waals surface area contributed by atoms with Crippen molar-refractivity contribution in [2.24, 2.45) is 11.8 Å². The van der Waals surface area contributed by atoms with Gasteiger partial charge in [0, 0.05) is 19.1 Å². The van der Waals surface area contributed by atoms with E-state index in [1.54, 1.807) is 0 Å². The van der Waals surface area contributed by atoms with Gasteiger partial charge in [0.25, 0.3) is 0 Å². The molecule has 0 heterocycles. The van der Waals surface area contributed by atoms with E-state index >= 15 is 0 Å². The Labute approximate surface area is 94.7 Å². The van der Waals surface area contributed by atoms with Crippen LogP contribution in [0, 0.1) is 11.8 Å². The SMILES string of the molecule is CC(C)CN(CC(C)(O)C(C)C)C1CC1. The van der Waals surface area contributed by atoms with Gasteiger partial charge < -0.3 is 5.11 Å². The highest BCUT2D eigenvalue weighted by atomic mass is 16.3. The van der Waals surface area contributed by atoms with E-state index < -0.39 is 5.60 Å². The molecule has 1 aliphatic carbocycles. The minimum Gasteiger partial charge on any atom is -0.389 e. The lowest BCUT2D eigenvalue weighted by atomic mass is 9.91.